The molecular weight excluding hydrogens is 257 g/mol. The summed E-state index contributed by atoms with van der Waals surface area (Å²) in [7, 11) is 0. The monoisotopic (exact) mass is 269 g/mol. The third kappa shape index (κ3) is 1.91. The highest BCUT2D eigenvalue weighted by atomic mass is 19.1. The van der Waals surface area contributed by atoms with E-state index >= 15 is 0 Å². The summed E-state index contributed by atoms with van der Waals surface area (Å²) >= 11 is 0. The molecule has 1 aliphatic rings. The van der Waals surface area contributed by atoms with E-state index in [0.29, 0.717) is 23.3 Å². The van der Waals surface area contributed by atoms with E-state index in [1.165, 1.54) is 6.07 Å². The quantitative estimate of drug-likeness (QED) is 0.789. The van der Waals surface area contributed by atoms with Gasteiger partial charge in [0.15, 0.2) is 0 Å². The molecule has 2 aromatic carbocycles. The van der Waals surface area contributed by atoms with Crippen LogP contribution in [-0.4, -0.2) is 16.2 Å². The molecule has 1 saturated carbocycles. The van der Waals surface area contributed by atoms with E-state index in [1.54, 1.807) is 12.1 Å². The van der Waals surface area contributed by atoms with Crippen LogP contribution < -0.4 is 5.32 Å². The Balaban J connectivity index is 1.81. The Labute approximate surface area is 114 Å². The lowest BCUT2D eigenvalue weighted by Crippen LogP contribution is -2.00. The molecule has 100 valence electrons. The van der Waals surface area contributed by atoms with Gasteiger partial charge in [-0.1, -0.05) is 29.4 Å². The molecule has 1 aliphatic carbocycles. The van der Waals surface area contributed by atoms with Gasteiger partial charge in [0.2, 0.25) is 5.82 Å². The molecule has 0 atom stereocenters. The number of nitrogens with zero attached hydrogens (tertiary/aromatic N) is 2. The average Bonchev–Trinajstić information content (AvgIpc) is 3.16. The highest BCUT2D eigenvalue weighted by Gasteiger charge is 2.23. The zero-order chi connectivity index (χ0) is 13.5. The van der Waals surface area contributed by atoms with Gasteiger partial charge in [0, 0.05) is 17.0 Å². The summed E-state index contributed by atoms with van der Waals surface area (Å²) in [6.07, 6.45) is 2.27. The minimum absolute atomic E-state index is 0.246. The molecule has 0 amide bonds. The summed E-state index contributed by atoms with van der Waals surface area (Å²) < 4.78 is 19.0. The van der Waals surface area contributed by atoms with Crippen molar-refractivity contribution in [3.63, 3.8) is 0 Å². The maximum absolute atomic E-state index is 13.8. The fourth-order valence-corrected chi connectivity index (χ4v) is 2.25. The fourth-order valence-electron chi connectivity index (χ4n) is 2.25. The van der Waals surface area contributed by atoms with Gasteiger partial charge in [-0.15, -0.1) is 0 Å². The third-order valence-electron chi connectivity index (χ3n) is 3.44. The lowest BCUT2D eigenvalue weighted by atomic mass is 10.0. The Kier molecular flexibility index (Phi) is 2.45. The predicted molar refractivity (Wildman–Crippen MR) is 73.8 cm³/mol. The van der Waals surface area contributed by atoms with Gasteiger partial charge in [-0.2, -0.15) is 4.98 Å². The Morgan fingerprint density at radius 2 is 1.90 bits per heavy atom. The average molecular weight is 269 g/mol. The second-order valence-corrected chi connectivity index (χ2v) is 4.98. The summed E-state index contributed by atoms with van der Waals surface area (Å²) in [4.78, 5) is 4.33. The predicted octanol–water partition coefficient (Wildman–Crippen LogP) is 3.60. The minimum Gasteiger partial charge on any atom is -0.335 e. The molecule has 1 fully saturated rings. The topological polar surface area (TPSA) is 51.0 Å². The van der Waals surface area contributed by atoms with Crippen LogP contribution in [0.3, 0.4) is 0 Å². The Morgan fingerprint density at radius 3 is 2.70 bits per heavy atom. The number of halogens is 1. The summed E-state index contributed by atoms with van der Waals surface area (Å²) in [5.74, 6) is 0.230. The number of aromatic nitrogens is 2. The highest BCUT2D eigenvalue weighted by molar-refractivity contribution is 5.95. The van der Waals surface area contributed by atoms with Crippen molar-refractivity contribution in [2.24, 2.45) is 0 Å². The van der Waals surface area contributed by atoms with Crippen molar-refractivity contribution in [2.45, 2.75) is 18.9 Å². The van der Waals surface area contributed by atoms with Gasteiger partial charge < -0.3 is 9.84 Å². The van der Waals surface area contributed by atoms with E-state index in [2.05, 4.69) is 15.5 Å². The van der Waals surface area contributed by atoms with Crippen LogP contribution >= 0.6 is 0 Å². The molecule has 0 saturated heterocycles. The van der Waals surface area contributed by atoms with Crippen molar-refractivity contribution in [1.29, 1.82) is 0 Å². The van der Waals surface area contributed by atoms with Crippen LogP contribution in [0, 0.1) is 5.82 Å². The van der Waals surface area contributed by atoms with Crippen molar-refractivity contribution in [3.8, 4) is 11.4 Å². The molecule has 1 aromatic heterocycles. The standard InChI is InChI=1S/C15H12FN3O/c16-13-8-7-12(10-3-1-2-4-11(10)13)14-18-15(20-19-14)17-9-5-6-9/h1-4,7-9H,5-6H2,(H,17,18,19). The molecule has 3 aromatic rings. The van der Waals surface area contributed by atoms with Gasteiger partial charge in [0.1, 0.15) is 5.82 Å². The van der Waals surface area contributed by atoms with Crippen molar-refractivity contribution in [2.75, 3.05) is 5.32 Å². The minimum atomic E-state index is -0.246. The van der Waals surface area contributed by atoms with E-state index in [4.69, 9.17) is 4.52 Å². The lowest BCUT2D eigenvalue weighted by Gasteiger charge is -2.03. The van der Waals surface area contributed by atoms with Crippen LogP contribution in [0.2, 0.25) is 0 Å². The van der Waals surface area contributed by atoms with Gasteiger partial charge >= 0.3 is 6.01 Å². The van der Waals surface area contributed by atoms with Gasteiger partial charge in [0.05, 0.1) is 0 Å². The lowest BCUT2D eigenvalue weighted by molar-refractivity contribution is 0.432. The van der Waals surface area contributed by atoms with E-state index in [1.807, 2.05) is 18.2 Å². The first-order valence-electron chi connectivity index (χ1n) is 6.59. The first-order chi connectivity index (χ1) is 9.81. The Morgan fingerprint density at radius 1 is 1.10 bits per heavy atom. The van der Waals surface area contributed by atoms with Crippen LogP contribution in [-0.2, 0) is 0 Å². The number of benzene rings is 2. The maximum Gasteiger partial charge on any atom is 0.322 e. The van der Waals surface area contributed by atoms with Gasteiger partial charge in [0.25, 0.3) is 0 Å². The summed E-state index contributed by atoms with van der Waals surface area (Å²) in [6, 6.07) is 11.3. The van der Waals surface area contributed by atoms with Crippen LogP contribution in [0.5, 0.6) is 0 Å². The molecule has 4 rings (SSSR count). The first-order valence-corrected chi connectivity index (χ1v) is 6.59. The molecule has 4 nitrogen and oxygen atoms in total. The molecule has 5 heteroatoms. The number of hydrogen-bond donors (Lipinski definition) is 1. The normalized spacial score (nSPS) is 14.7. The number of rotatable bonds is 3. The Hall–Kier alpha value is -2.43. The molecule has 1 heterocycles. The number of anilines is 1. The van der Waals surface area contributed by atoms with Crippen LogP contribution in [0.15, 0.2) is 40.9 Å². The van der Waals surface area contributed by atoms with Gasteiger partial charge in [-0.05, 0) is 30.4 Å². The van der Waals surface area contributed by atoms with Gasteiger partial charge in [-0.3, -0.25) is 0 Å². The first kappa shape index (κ1) is 11.4. The zero-order valence-corrected chi connectivity index (χ0v) is 10.6. The number of hydrogen-bond acceptors (Lipinski definition) is 4. The molecule has 0 aliphatic heterocycles. The second-order valence-electron chi connectivity index (χ2n) is 4.98. The van der Waals surface area contributed by atoms with Crippen LogP contribution in [0.25, 0.3) is 22.2 Å². The van der Waals surface area contributed by atoms with Crippen molar-refractivity contribution >= 4 is 16.8 Å². The SMILES string of the molecule is Fc1ccc(-c2noc(NC3CC3)n2)c2ccccc12. The third-order valence-corrected chi connectivity index (χ3v) is 3.44. The fraction of sp³-hybridized carbons (Fsp3) is 0.200. The zero-order valence-electron chi connectivity index (χ0n) is 10.6. The molecule has 0 unspecified atom stereocenters. The van der Waals surface area contributed by atoms with E-state index in [-0.39, 0.29) is 5.82 Å². The molecule has 1 N–H and O–H groups in total. The largest absolute Gasteiger partial charge is 0.335 e. The van der Waals surface area contributed by atoms with E-state index < -0.39 is 0 Å². The smallest absolute Gasteiger partial charge is 0.322 e. The van der Waals surface area contributed by atoms with Crippen molar-refractivity contribution in [3.05, 3.63) is 42.2 Å². The Bertz CT molecular complexity index is 780. The molecule has 0 spiro atoms. The van der Waals surface area contributed by atoms with Gasteiger partial charge in [-0.25, -0.2) is 4.39 Å². The number of nitrogens with one attached hydrogen (secondary N) is 1. The summed E-state index contributed by atoms with van der Waals surface area (Å²) in [5.41, 5.74) is 0.773. The van der Waals surface area contributed by atoms with E-state index in [9.17, 15) is 4.39 Å². The van der Waals surface area contributed by atoms with Crippen molar-refractivity contribution in [1.82, 2.24) is 10.1 Å². The molecule has 20 heavy (non-hydrogen) atoms. The molecule has 0 bridgehead atoms. The van der Waals surface area contributed by atoms with E-state index in [0.717, 1.165) is 23.8 Å². The molecule has 0 radical (unpaired) electrons. The second kappa shape index (κ2) is 4.30. The summed E-state index contributed by atoms with van der Waals surface area (Å²) in [5, 5.41) is 8.47. The van der Waals surface area contributed by atoms with Crippen LogP contribution in [0.4, 0.5) is 10.4 Å². The maximum atomic E-state index is 13.8. The molecular formula is C15H12FN3O. The highest BCUT2D eigenvalue weighted by Crippen LogP contribution is 2.30. The van der Waals surface area contributed by atoms with Crippen LogP contribution in [0.1, 0.15) is 12.8 Å². The van der Waals surface area contributed by atoms with Crippen molar-refractivity contribution < 1.29 is 8.91 Å². The summed E-state index contributed by atoms with van der Waals surface area (Å²) in [6.45, 7) is 0. The number of fused-ring (bicyclic) bond motifs is 1.